The third kappa shape index (κ3) is 6.00. The molecule has 1 unspecified atom stereocenters. The van der Waals surface area contributed by atoms with E-state index in [1.54, 1.807) is 18.2 Å². The molecule has 0 bridgehead atoms. The maximum absolute atomic E-state index is 13.0. The molecule has 1 atom stereocenters. The van der Waals surface area contributed by atoms with Crippen molar-refractivity contribution in [1.82, 2.24) is 5.32 Å². The first kappa shape index (κ1) is 23.6. The zero-order valence-corrected chi connectivity index (χ0v) is 17.6. The average molecular weight is 451 g/mol. The number of carboxylic acids is 1. The second-order valence-electron chi connectivity index (χ2n) is 8.12. The predicted molar refractivity (Wildman–Crippen MR) is 109 cm³/mol. The molecule has 3 rings (SSSR count). The molecule has 0 aliphatic heterocycles. The summed E-state index contributed by atoms with van der Waals surface area (Å²) in [6, 6.07) is 11.8. The number of amides is 1. The van der Waals surface area contributed by atoms with Gasteiger partial charge in [-0.2, -0.15) is 0 Å². The number of hydrogen-bond acceptors (Lipinski definition) is 4. The summed E-state index contributed by atoms with van der Waals surface area (Å²) in [6.45, 7) is 3.56. The first-order valence-electron chi connectivity index (χ1n) is 10.1. The van der Waals surface area contributed by atoms with Crippen molar-refractivity contribution < 1.29 is 37.3 Å². The molecule has 1 amide bonds. The van der Waals surface area contributed by atoms with E-state index in [4.69, 9.17) is 9.84 Å². The molecule has 9 heteroatoms. The van der Waals surface area contributed by atoms with Crippen LogP contribution in [0.3, 0.4) is 0 Å². The van der Waals surface area contributed by atoms with Gasteiger partial charge in [-0.25, -0.2) is 4.79 Å². The first-order valence-corrected chi connectivity index (χ1v) is 10.1. The van der Waals surface area contributed by atoms with Crippen molar-refractivity contribution in [3.05, 3.63) is 65.2 Å². The highest BCUT2D eigenvalue weighted by Gasteiger charge is 2.47. The third-order valence-electron chi connectivity index (χ3n) is 5.22. The van der Waals surface area contributed by atoms with Crippen molar-refractivity contribution in [3.63, 3.8) is 0 Å². The number of ether oxygens (including phenoxy) is 2. The fourth-order valence-corrected chi connectivity index (χ4v) is 3.44. The summed E-state index contributed by atoms with van der Waals surface area (Å²) >= 11 is 0. The molecule has 1 fully saturated rings. The van der Waals surface area contributed by atoms with Crippen molar-refractivity contribution in [3.8, 4) is 5.75 Å². The molecule has 2 N–H and O–H groups in total. The molecule has 1 aliphatic carbocycles. The van der Waals surface area contributed by atoms with Gasteiger partial charge in [-0.3, -0.25) is 4.79 Å². The molecule has 2 aromatic rings. The number of carbonyl (C=O) groups excluding carboxylic acids is 1. The highest BCUT2D eigenvalue weighted by molar-refractivity contribution is 5.87. The summed E-state index contributed by atoms with van der Waals surface area (Å²) in [5.41, 5.74) is 0.854. The number of benzene rings is 2. The van der Waals surface area contributed by atoms with Gasteiger partial charge in [-0.05, 0) is 54.2 Å². The van der Waals surface area contributed by atoms with Gasteiger partial charge < -0.3 is 19.9 Å². The molecule has 32 heavy (non-hydrogen) atoms. The molecular weight excluding hydrogens is 427 g/mol. The van der Waals surface area contributed by atoms with Gasteiger partial charge in [-0.15, -0.1) is 13.2 Å². The van der Waals surface area contributed by atoms with Crippen LogP contribution in [-0.4, -0.2) is 29.4 Å². The van der Waals surface area contributed by atoms with E-state index in [2.05, 4.69) is 10.1 Å². The van der Waals surface area contributed by atoms with E-state index in [1.807, 2.05) is 13.8 Å². The van der Waals surface area contributed by atoms with E-state index in [1.165, 1.54) is 30.3 Å². The van der Waals surface area contributed by atoms with Gasteiger partial charge >= 0.3 is 12.3 Å². The summed E-state index contributed by atoms with van der Waals surface area (Å²) in [5, 5.41) is 12.1. The van der Waals surface area contributed by atoms with Crippen LogP contribution < -0.4 is 10.1 Å². The number of carboxylic acid groups (broad SMARTS) is 1. The molecular formula is C23H24F3NO5. The van der Waals surface area contributed by atoms with E-state index in [0.29, 0.717) is 18.4 Å². The molecule has 0 radical (unpaired) electrons. The Hall–Kier alpha value is -3.07. The van der Waals surface area contributed by atoms with Crippen molar-refractivity contribution in [2.24, 2.45) is 5.92 Å². The zero-order chi connectivity index (χ0) is 23.5. The van der Waals surface area contributed by atoms with Crippen molar-refractivity contribution in [1.29, 1.82) is 0 Å². The summed E-state index contributed by atoms with van der Waals surface area (Å²) in [7, 11) is 0. The number of aromatic carboxylic acids is 1. The second-order valence-corrected chi connectivity index (χ2v) is 8.12. The monoisotopic (exact) mass is 451 g/mol. The van der Waals surface area contributed by atoms with E-state index in [9.17, 15) is 22.8 Å². The fraction of sp³-hybridized carbons (Fsp3) is 0.391. The fourth-order valence-electron chi connectivity index (χ4n) is 3.44. The van der Waals surface area contributed by atoms with E-state index in [0.717, 1.165) is 5.56 Å². The van der Waals surface area contributed by atoms with E-state index >= 15 is 0 Å². The van der Waals surface area contributed by atoms with Crippen LogP contribution in [0.4, 0.5) is 13.2 Å². The lowest BCUT2D eigenvalue weighted by atomic mass is 10.0. The van der Waals surface area contributed by atoms with Crippen molar-refractivity contribution in [2.75, 3.05) is 0 Å². The number of carbonyl (C=O) groups is 2. The van der Waals surface area contributed by atoms with Gasteiger partial charge in [0.25, 0.3) is 0 Å². The van der Waals surface area contributed by atoms with Crippen LogP contribution in [0.25, 0.3) is 0 Å². The van der Waals surface area contributed by atoms with Crippen molar-refractivity contribution in [2.45, 2.75) is 51.3 Å². The van der Waals surface area contributed by atoms with Crippen LogP contribution in [0.2, 0.25) is 0 Å². The quantitative estimate of drug-likeness (QED) is 0.581. The highest BCUT2D eigenvalue weighted by Crippen LogP contribution is 2.45. The number of nitrogens with one attached hydrogen (secondary N) is 1. The molecule has 6 nitrogen and oxygen atoms in total. The standard InChI is InChI=1S/C23H24F3NO5/c1-14(2)19(31-13-15-4-3-5-18(12-15)32-23(24,25)26)20(28)27-22(10-11-22)17-8-6-16(7-9-17)21(29)30/h3-9,12,14,19H,10-11,13H2,1-2H3,(H,27,28)(H,29,30). The predicted octanol–water partition coefficient (Wildman–Crippen LogP) is 4.63. The Balaban J connectivity index is 1.65. The van der Waals surface area contributed by atoms with Crippen LogP contribution >= 0.6 is 0 Å². The number of halogens is 3. The van der Waals surface area contributed by atoms with Crippen LogP contribution in [0, 0.1) is 5.92 Å². The molecule has 1 aliphatic rings. The zero-order valence-electron chi connectivity index (χ0n) is 17.6. The Morgan fingerprint density at radius 2 is 1.78 bits per heavy atom. The topological polar surface area (TPSA) is 84.9 Å². The van der Waals surface area contributed by atoms with Crippen molar-refractivity contribution >= 4 is 11.9 Å². The SMILES string of the molecule is CC(C)C(OCc1cccc(OC(F)(F)F)c1)C(=O)NC1(c2ccc(C(=O)O)cc2)CC1. The number of alkyl halides is 3. The minimum Gasteiger partial charge on any atom is -0.478 e. The van der Waals surface area contributed by atoms with Crippen LogP contribution in [0.1, 0.15) is 48.2 Å². The second kappa shape index (κ2) is 9.20. The normalized spacial score (nSPS) is 15.8. The van der Waals surface area contributed by atoms with E-state index in [-0.39, 0.29) is 29.7 Å². The molecule has 0 heterocycles. The molecule has 2 aromatic carbocycles. The average Bonchev–Trinajstić information content (AvgIpc) is 3.47. The lowest BCUT2D eigenvalue weighted by molar-refractivity contribution is -0.274. The number of hydrogen-bond donors (Lipinski definition) is 2. The Labute approximate surface area is 183 Å². The molecule has 0 saturated heterocycles. The van der Waals surface area contributed by atoms with Gasteiger partial charge in [0.1, 0.15) is 11.9 Å². The maximum atomic E-state index is 13.0. The Bertz CT molecular complexity index is 968. The lowest BCUT2D eigenvalue weighted by Crippen LogP contribution is -2.44. The minimum atomic E-state index is -4.79. The Morgan fingerprint density at radius 3 is 2.31 bits per heavy atom. The maximum Gasteiger partial charge on any atom is 0.573 e. The first-order chi connectivity index (χ1) is 15.0. The molecule has 1 saturated carbocycles. The highest BCUT2D eigenvalue weighted by atomic mass is 19.4. The number of rotatable bonds is 9. The lowest BCUT2D eigenvalue weighted by Gasteiger charge is -2.25. The van der Waals surface area contributed by atoms with Crippen LogP contribution in [-0.2, 0) is 21.7 Å². The van der Waals surface area contributed by atoms with Gasteiger partial charge in [0.15, 0.2) is 0 Å². The Morgan fingerprint density at radius 1 is 1.12 bits per heavy atom. The van der Waals surface area contributed by atoms with Gasteiger partial charge in [-0.1, -0.05) is 38.1 Å². The van der Waals surface area contributed by atoms with Crippen LogP contribution in [0.5, 0.6) is 5.75 Å². The minimum absolute atomic E-state index is 0.0639. The summed E-state index contributed by atoms with van der Waals surface area (Å²) in [4.78, 5) is 24.0. The molecule has 172 valence electrons. The Kier molecular flexibility index (Phi) is 6.78. The van der Waals surface area contributed by atoms with Gasteiger partial charge in [0.05, 0.1) is 17.7 Å². The van der Waals surface area contributed by atoms with Crippen LogP contribution in [0.15, 0.2) is 48.5 Å². The van der Waals surface area contributed by atoms with Gasteiger partial charge in [0, 0.05) is 0 Å². The smallest absolute Gasteiger partial charge is 0.478 e. The van der Waals surface area contributed by atoms with Gasteiger partial charge in [0.2, 0.25) is 5.91 Å². The summed E-state index contributed by atoms with van der Waals surface area (Å²) in [6.07, 6.45) is -4.18. The molecule has 0 aromatic heterocycles. The largest absolute Gasteiger partial charge is 0.573 e. The van der Waals surface area contributed by atoms with E-state index < -0.39 is 24.0 Å². The third-order valence-corrected chi connectivity index (χ3v) is 5.22. The molecule has 0 spiro atoms. The summed E-state index contributed by atoms with van der Waals surface area (Å²) in [5.74, 6) is -1.90. The summed E-state index contributed by atoms with van der Waals surface area (Å²) < 4.78 is 47.0.